The third-order valence-electron chi connectivity index (χ3n) is 2.14. The van der Waals surface area contributed by atoms with Crippen molar-refractivity contribution in [1.82, 2.24) is 0 Å². The van der Waals surface area contributed by atoms with Gasteiger partial charge < -0.3 is 14.2 Å². The topological polar surface area (TPSA) is 27.7 Å². The van der Waals surface area contributed by atoms with Gasteiger partial charge in [0.25, 0.3) is 0 Å². The van der Waals surface area contributed by atoms with Crippen molar-refractivity contribution in [2.45, 2.75) is 25.0 Å². The molecule has 15 heavy (non-hydrogen) atoms. The maximum Gasteiger partial charge on any atom is 0.0812 e. The molecule has 0 aromatic carbocycles. The lowest BCUT2D eigenvalue weighted by atomic mass is 10.3. The Kier molecular flexibility index (Phi) is 12.0. The number of hydrogen-bond acceptors (Lipinski definition) is 3. The molecule has 3 nitrogen and oxygen atoms in total. The SMILES string of the molecule is COC(CCBr)COCC(CCBr)OC. The highest BCUT2D eigenvalue weighted by molar-refractivity contribution is 9.09. The van der Waals surface area contributed by atoms with Crippen molar-refractivity contribution in [3.05, 3.63) is 0 Å². The highest BCUT2D eigenvalue weighted by Gasteiger charge is 2.10. The first-order chi connectivity index (χ1) is 7.28. The highest BCUT2D eigenvalue weighted by Crippen LogP contribution is 2.04. The van der Waals surface area contributed by atoms with Gasteiger partial charge in [0.1, 0.15) is 0 Å². The van der Waals surface area contributed by atoms with E-state index in [1.807, 2.05) is 0 Å². The third kappa shape index (κ3) is 8.63. The van der Waals surface area contributed by atoms with Gasteiger partial charge >= 0.3 is 0 Å². The van der Waals surface area contributed by atoms with Crippen LogP contribution in [-0.4, -0.2) is 50.3 Å². The quantitative estimate of drug-likeness (QED) is 0.568. The van der Waals surface area contributed by atoms with Gasteiger partial charge in [-0.25, -0.2) is 0 Å². The molecule has 0 rings (SSSR count). The van der Waals surface area contributed by atoms with Gasteiger partial charge in [0.15, 0.2) is 0 Å². The van der Waals surface area contributed by atoms with Gasteiger partial charge in [-0.3, -0.25) is 0 Å². The molecular formula is C10H20Br2O3. The fourth-order valence-electron chi connectivity index (χ4n) is 1.11. The number of methoxy groups -OCH3 is 2. The molecule has 0 heterocycles. The predicted octanol–water partition coefficient (Wildman–Crippen LogP) is 2.60. The lowest BCUT2D eigenvalue weighted by molar-refractivity contribution is -0.0354. The van der Waals surface area contributed by atoms with Crippen LogP contribution in [0, 0.1) is 0 Å². The fraction of sp³-hybridized carbons (Fsp3) is 1.00. The molecule has 92 valence electrons. The minimum atomic E-state index is 0.172. The highest BCUT2D eigenvalue weighted by atomic mass is 79.9. The van der Waals surface area contributed by atoms with Crippen LogP contribution >= 0.6 is 31.9 Å². The van der Waals surface area contributed by atoms with Gasteiger partial charge in [0.05, 0.1) is 25.4 Å². The van der Waals surface area contributed by atoms with E-state index in [1.165, 1.54) is 0 Å². The molecule has 0 saturated carbocycles. The Balaban J connectivity index is 3.55. The summed E-state index contributed by atoms with van der Waals surface area (Å²) in [5.41, 5.74) is 0. The smallest absolute Gasteiger partial charge is 0.0812 e. The molecule has 2 unspecified atom stereocenters. The minimum Gasteiger partial charge on any atom is -0.379 e. The second-order valence-electron chi connectivity index (χ2n) is 3.21. The van der Waals surface area contributed by atoms with Gasteiger partial charge in [0.2, 0.25) is 0 Å². The van der Waals surface area contributed by atoms with Gasteiger partial charge in [-0.2, -0.15) is 0 Å². The second kappa shape index (κ2) is 11.3. The maximum atomic E-state index is 5.55. The summed E-state index contributed by atoms with van der Waals surface area (Å²) in [5, 5.41) is 1.87. The van der Waals surface area contributed by atoms with E-state index in [-0.39, 0.29) is 12.2 Å². The number of hydrogen-bond donors (Lipinski definition) is 0. The van der Waals surface area contributed by atoms with E-state index in [0.717, 1.165) is 23.5 Å². The third-order valence-corrected chi connectivity index (χ3v) is 3.05. The van der Waals surface area contributed by atoms with Gasteiger partial charge in [-0.15, -0.1) is 0 Å². The van der Waals surface area contributed by atoms with E-state index in [1.54, 1.807) is 14.2 Å². The summed E-state index contributed by atoms with van der Waals surface area (Å²) in [5.74, 6) is 0. The molecule has 0 aliphatic carbocycles. The summed E-state index contributed by atoms with van der Waals surface area (Å²) in [6, 6.07) is 0. The van der Waals surface area contributed by atoms with Crippen LogP contribution in [0.3, 0.4) is 0 Å². The lowest BCUT2D eigenvalue weighted by Crippen LogP contribution is -2.24. The number of alkyl halides is 2. The van der Waals surface area contributed by atoms with E-state index < -0.39 is 0 Å². The van der Waals surface area contributed by atoms with E-state index in [9.17, 15) is 0 Å². The zero-order valence-corrected chi connectivity index (χ0v) is 12.6. The normalized spacial score (nSPS) is 15.2. The zero-order chi connectivity index (χ0) is 11.5. The Hall–Kier alpha value is 0.840. The Labute approximate surface area is 109 Å². The number of rotatable bonds is 10. The molecule has 5 heteroatoms. The summed E-state index contributed by atoms with van der Waals surface area (Å²) in [4.78, 5) is 0. The standard InChI is InChI=1S/C10H20Br2O3/c1-13-9(3-5-11)7-15-8-10(14-2)4-6-12/h9-10H,3-8H2,1-2H3. The second-order valence-corrected chi connectivity index (χ2v) is 4.79. The van der Waals surface area contributed by atoms with E-state index in [2.05, 4.69) is 31.9 Å². The van der Waals surface area contributed by atoms with E-state index in [0.29, 0.717) is 13.2 Å². The molecule has 0 amide bonds. The molecule has 0 bridgehead atoms. The molecule has 0 N–H and O–H groups in total. The first-order valence-electron chi connectivity index (χ1n) is 5.03. The molecule has 0 aliphatic heterocycles. The molecule has 0 aromatic heterocycles. The Bertz CT molecular complexity index is 122. The summed E-state index contributed by atoms with van der Waals surface area (Å²) < 4.78 is 16.1. The van der Waals surface area contributed by atoms with Crippen molar-refractivity contribution < 1.29 is 14.2 Å². The van der Waals surface area contributed by atoms with Crippen LogP contribution in [0.2, 0.25) is 0 Å². The van der Waals surface area contributed by atoms with Crippen LogP contribution in [0.4, 0.5) is 0 Å². The number of halogens is 2. The zero-order valence-electron chi connectivity index (χ0n) is 9.38. The van der Waals surface area contributed by atoms with Crippen molar-refractivity contribution >= 4 is 31.9 Å². The van der Waals surface area contributed by atoms with Gasteiger partial charge in [-0.05, 0) is 12.8 Å². The van der Waals surface area contributed by atoms with Gasteiger partial charge in [0, 0.05) is 24.9 Å². The monoisotopic (exact) mass is 346 g/mol. The summed E-state index contributed by atoms with van der Waals surface area (Å²) in [6.45, 7) is 1.26. The van der Waals surface area contributed by atoms with Crippen LogP contribution in [0.1, 0.15) is 12.8 Å². The fourth-order valence-corrected chi connectivity index (χ4v) is 2.13. The van der Waals surface area contributed by atoms with Crippen LogP contribution in [0.5, 0.6) is 0 Å². The average Bonchev–Trinajstić information content (AvgIpc) is 2.26. The Morgan fingerprint density at radius 3 is 1.53 bits per heavy atom. The number of ether oxygens (including phenoxy) is 3. The van der Waals surface area contributed by atoms with Crippen molar-refractivity contribution in [3.8, 4) is 0 Å². The first kappa shape index (κ1) is 15.8. The van der Waals surface area contributed by atoms with Crippen molar-refractivity contribution in [3.63, 3.8) is 0 Å². The molecule has 2 atom stereocenters. The average molecular weight is 348 g/mol. The van der Waals surface area contributed by atoms with Crippen molar-refractivity contribution in [1.29, 1.82) is 0 Å². The van der Waals surface area contributed by atoms with Crippen molar-refractivity contribution in [2.75, 3.05) is 38.1 Å². The van der Waals surface area contributed by atoms with Gasteiger partial charge in [-0.1, -0.05) is 31.9 Å². The van der Waals surface area contributed by atoms with Crippen LogP contribution in [0.25, 0.3) is 0 Å². The van der Waals surface area contributed by atoms with Crippen LogP contribution in [0.15, 0.2) is 0 Å². The van der Waals surface area contributed by atoms with Crippen molar-refractivity contribution in [2.24, 2.45) is 0 Å². The van der Waals surface area contributed by atoms with E-state index >= 15 is 0 Å². The Morgan fingerprint density at radius 2 is 1.27 bits per heavy atom. The van der Waals surface area contributed by atoms with E-state index in [4.69, 9.17) is 14.2 Å². The molecule has 0 aromatic rings. The van der Waals surface area contributed by atoms with Crippen LogP contribution in [-0.2, 0) is 14.2 Å². The summed E-state index contributed by atoms with van der Waals surface area (Å²) >= 11 is 6.77. The summed E-state index contributed by atoms with van der Waals surface area (Å²) in [7, 11) is 3.42. The molecule has 0 spiro atoms. The first-order valence-corrected chi connectivity index (χ1v) is 7.28. The minimum absolute atomic E-state index is 0.172. The molecule has 0 saturated heterocycles. The molecular weight excluding hydrogens is 328 g/mol. The predicted molar refractivity (Wildman–Crippen MR) is 69.2 cm³/mol. The lowest BCUT2D eigenvalue weighted by Gasteiger charge is -2.18. The summed E-state index contributed by atoms with van der Waals surface area (Å²) in [6.07, 6.45) is 2.27. The Morgan fingerprint density at radius 1 is 0.867 bits per heavy atom. The largest absolute Gasteiger partial charge is 0.379 e. The maximum absolute atomic E-state index is 5.55. The molecule has 0 fully saturated rings. The van der Waals surface area contributed by atoms with Crippen LogP contribution < -0.4 is 0 Å². The molecule has 0 radical (unpaired) electrons. The molecule has 0 aliphatic rings.